The zero-order valence-electron chi connectivity index (χ0n) is 16.1. The van der Waals surface area contributed by atoms with Gasteiger partial charge in [0, 0.05) is 30.8 Å². The molecule has 0 aliphatic carbocycles. The first-order valence-electron chi connectivity index (χ1n) is 9.96. The zero-order valence-corrected chi connectivity index (χ0v) is 16.1. The highest BCUT2D eigenvalue weighted by Gasteiger charge is 2.30. The molecule has 0 bridgehead atoms. The summed E-state index contributed by atoms with van der Waals surface area (Å²) in [5.74, 6) is -0.0340. The predicted octanol–water partition coefficient (Wildman–Crippen LogP) is 0.221. The van der Waals surface area contributed by atoms with Crippen LogP contribution < -0.4 is 16.0 Å². The van der Waals surface area contributed by atoms with Crippen molar-refractivity contribution in [3.8, 4) is 0 Å². The number of amides is 2. The topological polar surface area (TPSA) is 123 Å². The van der Waals surface area contributed by atoms with Crippen molar-refractivity contribution in [3.63, 3.8) is 0 Å². The molecular weight excluding hydrogens is 374 g/mol. The van der Waals surface area contributed by atoms with E-state index in [0.29, 0.717) is 25.2 Å². The molecule has 10 nitrogen and oxygen atoms in total. The minimum Gasteiger partial charge on any atom is -0.447 e. The van der Waals surface area contributed by atoms with Crippen molar-refractivity contribution in [2.24, 2.45) is 0 Å². The molecular formula is C19H25N7O3. The number of carbonyl (C=O) groups is 2. The SMILES string of the molecule is O=C1NC(Cn2nnc(C(=O)NCCc3ccccn3)c2C2CCNCC2)CO1. The maximum Gasteiger partial charge on any atom is 0.407 e. The number of cyclic esters (lactones) is 1. The van der Waals surface area contributed by atoms with Gasteiger partial charge in [-0.3, -0.25) is 9.78 Å². The van der Waals surface area contributed by atoms with Gasteiger partial charge >= 0.3 is 6.09 Å². The highest BCUT2D eigenvalue weighted by Crippen LogP contribution is 2.27. The van der Waals surface area contributed by atoms with Crippen LogP contribution >= 0.6 is 0 Å². The quantitative estimate of drug-likeness (QED) is 0.609. The van der Waals surface area contributed by atoms with Crippen LogP contribution in [-0.4, -0.2) is 64.3 Å². The number of rotatable bonds is 7. The Hall–Kier alpha value is -3.01. The van der Waals surface area contributed by atoms with E-state index in [9.17, 15) is 9.59 Å². The number of carbonyl (C=O) groups excluding carboxylic acids is 2. The second-order valence-electron chi connectivity index (χ2n) is 7.30. The van der Waals surface area contributed by atoms with E-state index in [1.807, 2.05) is 18.2 Å². The van der Waals surface area contributed by atoms with Crippen LogP contribution in [0.15, 0.2) is 24.4 Å². The Labute approximate surface area is 168 Å². The summed E-state index contributed by atoms with van der Waals surface area (Å²) < 4.78 is 6.72. The van der Waals surface area contributed by atoms with E-state index in [2.05, 4.69) is 31.2 Å². The predicted molar refractivity (Wildman–Crippen MR) is 103 cm³/mol. The Morgan fingerprint density at radius 2 is 2.17 bits per heavy atom. The number of hydrogen-bond donors (Lipinski definition) is 3. The molecule has 2 aliphatic rings. The number of pyridine rings is 1. The molecule has 2 aromatic heterocycles. The second-order valence-corrected chi connectivity index (χ2v) is 7.30. The number of piperidine rings is 1. The zero-order chi connectivity index (χ0) is 20.1. The number of alkyl carbamates (subject to hydrolysis) is 1. The molecule has 4 heterocycles. The lowest BCUT2D eigenvalue weighted by Crippen LogP contribution is -2.34. The Morgan fingerprint density at radius 3 is 2.90 bits per heavy atom. The fourth-order valence-corrected chi connectivity index (χ4v) is 3.78. The van der Waals surface area contributed by atoms with Crippen LogP contribution in [0.4, 0.5) is 4.79 Å². The van der Waals surface area contributed by atoms with Gasteiger partial charge in [-0.1, -0.05) is 11.3 Å². The van der Waals surface area contributed by atoms with Crippen molar-refractivity contribution in [3.05, 3.63) is 41.5 Å². The first-order chi connectivity index (χ1) is 14.2. The third-order valence-corrected chi connectivity index (χ3v) is 5.24. The van der Waals surface area contributed by atoms with Gasteiger partial charge in [-0.15, -0.1) is 5.10 Å². The summed E-state index contributed by atoms with van der Waals surface area (Å²) in [7, 11) is 0. The Kier molecular flexibility index (Phi) is 5.99. The molecule has 0 radical (unpaired) electrons. The molecule has 10 heteroatoms. The fourth-order valence-electron chi connectivity index (χ4n) is 3.78. The Balaban J connectivity index is 1.47. The van der Waals surface area contributed by atoms with Gasteiger partial charge in [0.2, 0.25) is 0 Å². The maximum absolute atomic E-state index is 12.8. The van der Waals surface area contributed by atoms with Gasteiger partial charge in [-0.2, -0.15) is 0 Å². The second kappa shape index (κ2) is 8.99. The molecule has 0 saturated carbocycles. The van der Waals surface area contributed by atoms with Crippen LogP contribution in [0.2, 0.25) is 0 Å². The highest BCUT2D eigenvalue weighted by atomic mass is 16.6. The van der Waals surface area contributed by atoms with Crippen LogP contribution in [0.5, 0.6) is 0 Å². The van der Waals surface area contributed by atoms with Gasteiger partial charge in [-0.25, -0.2) is 9.48 Å². The van der Waals surface area contributed by atoms with Crippen LogP contribution in [0.1, 0.15) is 40.6 Å². The average Bonchev–Trinajstić information content (AvgIpc) is 3.35. The minimum absolute atomic E-state index is 0.176. The lowest BCUT2D eigenvalue weighted by Gasteiger charge is -2.24. The van der Waals surface area contributed by atoms with Crippen molar-refractivity contribution in [1.82, 2.24) is 35.9 Å². The van der Waals surface area contributed by atoms with E-state index < -0.39 is 6.09 Å². The highest BCUT2D eigenvalue weighted by molar-refractivity contribution is 5.93. The summed E-state index contributed by atoms with van der Waals surface area (Å²) >= 11 is 0. The summed E-state index contributed by atoms with van der Waals surface area (Å²) in [4.78, 5) is 28.4. The van der Waals surface area contributed by atoms with E-state index in [1.54, 1.807) is 10.9 Å². The van der Waals surface area contributed by atoms with Crippen LogP contribution in [0, 0.1) is 0 Å². The first-order valence-corrected chi connectivity index (χ1v) is 9.96. The molecule has 4 rings (SSSR count). The molecule has 2 saturated heterocycles. The van der Waals surface area contributed by atoms with Gasteiger partial charge in [0.25, 0.3) is 5.91 Å². The smallest absolute Gasteiger partial charge is 0.407 e. The van der Waals surface area contributed by atoms with E-state index >= 15 is 0 Å². The standard InChI is InChI=1S/C19H25N7O3/c27-18(22-10-6-14-3-1-2-7-21-14)16-17(13-4-8-20-9-5-13)26(25-24-16)11-15-12-29-19(28)23-15/h1-3,7,13,15,20H,4-6,8-12H2,(H,22,27)(H,23,28). The summed E-state index contributed by atoms with van der Waals surface area (Å²) in [6, 6.07) is 5.55. The molecule has 0 spiro atoms. The van der Waals surface area contributed by atoms with Crippen molar-refractivity contribution in [2.75, 3.05) is 26.2 Å². The first kappa shape index (κ1) is 19.3. The van der Waals surface area contributed by atoms with Gasteiger partial charge < -0.3 is 20.7 Å². The molecule has 3 N–H and O–H groups in total. The minimum atomic E-state index is -0.425. The molecule has 154 valence electrons. The molecule has 2 aliphatic heterocycles. The number of aromatic nitrogens is 4. The molecule has 2 aromatic rings. The van der Waals surface area contributed by atoms with E-state index in [0.717, 1.165) is 37.3 Å². The number of nitrogens with one attached hydrogen (secondary N) is 3. The third kappa shape index (κ3) is 4.70. The monoisotopic (exact) mass is 399 g/mol. The fraction of sp³-hybridized carbons (Fsp3) is 0.526. The van der Waals surface area contributed by atoms with Crippen molar-refractivity contribution >= 4 is 12.0 Å². The van der Waals surface area contributed by atoms with Gasteiger partial charge in [0.15, 0.2) is 5.69 Å². The van der Waals surface area contributed by atoms with Gasteiger partial charge in [0.05, 0.1) is 18.3 Å². The summed E-state index contributed by atoms with van der Waals surface area (Å²) in [6.45, 7) is 2.97. The maximum atomic E-state index is 12.8. The summed E-state index contributed by atoms with van der Waals surface area (Å²) in [5.41, 5.74) is 2.12. The average molecular weight is 399 g/mol. The summed E-state index contributed by atoms with van der Waals surface area (Å²) in [5, 5.41) is 17.5. The molecule has 29 heavy (non-hydrogen) atoms. The van der Waals surface area contributed by atoms with E-state index in [-0.39, 0.29) is 24.5 Å². The van der Waals surface area contributed by atoms with Crippen LogP contribution in [0.25, 0.3) is 0 Å². The van der Waals surface area contributed by atoms with E-state index in [1.165, 1.54) is 0 Å². The molecule has 1 atom stereocenters. The Bertz CT molecular complexity index is 849. The molecule has 1 unspecified atom stereocenters. The van der Waals surface area contributed by atoms with Gasteiger partial charge in [-0.05, 0) is 38.1 Å². The van der Waals surface area contributed by atoms with Crippen molar-refractivity contribution in [2.45, 2.75) is 37.8 Å². The van der Waals surface area contributed by atoms with Crippen molar-refractivity contribution < 1.29 is 14.3 Å². The van der Waals surface area contributed by atoms with Crippen LogP contribution in [0.3, 0.4) is 0 Å². The normalized spacial score (nSPS) is 19.6. The Morgan fingerprint density at radius 1 is 1.31 bits per heavy atom. The number of nitrogens with zero attached hydrogens (tertiary/aromatic N) is 4. The molecule has 2 amide bonds. The van der Waals surface area contributed by atoms with E-state index in [4.69, 9.17) is 4.74 Å². The van der Waals surface area contributed by atoms with Crippen molar-refractivity contribution in [1.29, 1.82) is 0 Å². The van der Waals surface area contributed by atoms with Crippen LogP contribution in [-0.2, 0) is 17.7 Å². The lowest BCUT2D eigenvalue weighted by atomic mass is 9.92. The molecule has 2 fully saturated rings. The molecule has 0 aromatic carbocycles. The number of ether oxygens (including phenoxy) is 1. The summed E-state index contributed by atoms with van der Waals surface area (Å²) in [6.07, 6.45) is 3.79. The third-order valence-electron chi connectivity index (χ3n) is 5.24. The largest absolute Gasteiger partial charge is 0.447 e. The lowest BCUT2D eigenvalue weighted by molar-refractivity contribution is 0.0947. The number of hydrogen-bond acceptors (Lipinski definition) is 7. The van der Waals surface area contributed by atoms with Gasteiger partial charge in [0.1, 0.15) is 6.61 Å².